The van der Waals surface area contributed by atoms with Gasteiger partial charge in [-0.1, -0.05) is 12.1 Å². The van der Waals surface area contributed by atoms with Crippen LogP contribution in [-0.2, 0) is 6.54 Å². The Bertz CT molecular complexity index is 1000. The highest BCUT2D eigenvalue weighted by molar-refractivity contribution is 7.18. The molecule has 26 heavy (non-hydrogen) atoms. The maximum Gasteiger partial charge on any atom is 0.228 e. The van der Waals surface area contributed by atoms with Crippen molar-refractivity contribution < 1.29 is 9.13 Å². The maximum atomic E-state index is 13.0. The van der Waals surface area contributed by atoms with Gasteiger partial charge in [0.2, 0.25) is 11.8 Å². The lowest BCUT2D eigenvalue weighted by molar-refractivity contribution is 0.459. The lowest BCUT2D eigenvalue weighted by Crippen LogP contribution is -2.19. The predicted octanol–water partition coefficient (Wildman–Crippen LogP) is 4.65. The molecule has 0 amide bonds. The minimum atomic E-state index is -0.309. The molecule has 4 aromatic rings. The van der Waals surface area contributed by atoms with Crippen LogP contribution in [0.25, 0.3) is 10.2 Å². The number of hydrogen-bond donors (Lipinski definition) is 0. The summed E-state index contributed by atoms with van der Waals surface area (Å²) in [6, 6.07) is 15.5. The van der Waals surface area contributed by atoms with E-state index in [2.05, 4.69) is 21.0 Å². The highest BCUT2D eigenvalue weighted by Crippen LogP contribution is 2.24. The maximum absolute atomic E-state index is 13.0. The Morgan fingerprint density at radius 2 is 1.85 bits per heavy atom. The molecule has 7 heteroatoms. The standard InChI is InChI=1S/C19H15FN4OS/c1-24(12-18-22-15-4-2-3-5-16(15)26-18)19-21-11-10-17(23-19)25-14-8-6-13(20)7-9-14/h2-11H,12H2,1H3. The molecule has 0 bridgehead atoms. The number of fused-ring (bicyclic) bond motifs is 1. The highest BCUT2D eigenvalue weighted by Gasteiger charge is 2.11. The highest BCUT2D eigenvalue weighted by atomic mass is 32.1. The van der Waals surface area contributed by atoms with Gasteiger partial charge in [0.25, 0.3) is 0 Å². The van der Waals surface area contributed by atoms with E-state index < -0.39 is 0 Å². The molecule has 2 aromatic heterocycles. The molecule has 0 unspecified atom stereocenters. The van der Waals surface area contributed by atoms with Crippen LogP contribution in [0.15, 0.2) is 60.8 Å². The van der Waals surface area contributed by atoms with Gasteiger partial charge < -0.3 is 9.64 Å². The van der Waals surface area contributed by atoms with Gasteiger partial charge >= 0.3 is 0 Å². The van der Waals surface area contributed by atoms with Crippen LogP contribution in [0.3, 0.4) is 0 Å². The first kappa shape index (κ1) is 16.4. The number of halogens is 1. The van der Waals surface area contributed by atoms with Crippen molar-refractivity contribution in [3.8, 4) is 11.6 Å². The summed E-state index contributed by atoms with van der Waals surface area (Å²) in [5.74, 6) is 1.14. The molecule has 0 aliphatic carbocycles. The molecule has 2 heterocycles. The van der Waals surface area contributed by atoms with E-state index in [9.17, 15) is 4.39 Å². The van der Waals surface area contributed by atoms with Gasteiger partial charge in [-0.2, -0.15) is 4.98 Å². The Labute approximate surface area is 153 Å². The summed E-state index contributed by atoms with van der Waals surface area (Å²) in [5, 5.41) is 0.988. The monoisotopic (exact) mass is 366 g/mol. The number of hydrogen-bond acceptors (Lipinski definition) is 6. The van der Waals surface area contributed by atoms with Crippen LogP contribution in [0.5, 0.6) is 11.6 Å². The van der Waals surface area contributed by atoms with Crippen LogP contribution in [0.4, 0.5) is 10.3 Å². The Morgan fingerprint density at radius 1 is 1.04 bits per heavy atom. The molecule has 0 spiro atoms. The zero-order valence-electron chi connectivity index (χ0n) is 14.0. The molecule has 0 saturated carbocycles. The van der Waals surface area contributed by atoms with Crippen LogP contribution in [0, 0.1) is 5.82 Å². The fraction of sp³-hybridized carbons (Fsp3) is 0.105. The van der Waals surface area contributed by atoms with E-state index >= 15 is 0 Å². The van der Waals surface area contributed by atoms with Crippen molar-refractivity contribution in [2.24, 2.45) is 0 Å². The number of para-hydroxylation sites is 1. The molecule has 2 aromatic carbocycles. The minimum absolute atomic E-state index is 0.309. The minimum Gasteiger partial charge on any atom is -0.439 e. The molecular formula is C19H15FN4OS. The SMILES string of the molecule is CN(Cc1nc2ccccc2s1)c1nccc(Oc2ccc(F)cc2)n1. The number of rotatable bonds is 5. The molecule has 0 radical (unpaired) electrons. The summed E-state index contributed by atoms with van der Waals surface area (Å²) in [6.45, 7) is 0.597. The Kier molecular flexibility index (Phi) is 4.45. The van der Waals surface area contributed by atoms with E-state index in [1.807, 2.05) is 30.1 Å². The molecule has 130 valence electrons. The second-order valence-electron chi connectivity index (χ2n) is 5.68. The third kappa shape index (κ3) is 3.62. The van der Waals surface area contributed by atoms with Crippen LogP contribution >= 0.6 is 11.3 Å². The van der Waals surface area contributed by atoms with E-state index in [4.69, 9.17) is 4.74 Å². The third-order valence-electron chi connectivity index (χ3n) is 3.71. The molecule has 5 nitrogen and oxygen atoms in total. The predicted molar refractivity (Wildman–Crippen MR) is 100 cm³/mol. The quantitative estimate of drug-likeness (QED) is 0.514. The van der Waals surface area contributed by atoms with Crippen LogP contribution in [0.2, 0.25) is 0 Å². The van der Waals surface area contributed by atoms with Crippen molar-refractivity contribution >= 4 is 27.5 Å². The molecule has 0 aliphatic heterocycles. The fourth-order valence-electron chi connectivity index (χ4n) is 2.46. The second-order valence-corrected chi connectivity index (χ2v) is 6.80. The first-order valence-corrected chi connectivity index (χ1v) is 8.81. The lowest BCUT2D eigenvalue weighted by Gasteiger charge is -2.15. The molecule has 0 fully saturated rings. The van der Waals surface area contributed by atoms with E-state index in [0.29, 0.717) is 24.1 Å². The van der Waals surface area contributed by atoms with Gasteiger partial charge in [0.15, 0.2) is 0 Å². The van der Waals surface area contributed by atoms with Crippen LogP contribution in [0.1, 0.15) is 5.01 Å². The second kappa shape index (κ2) is 7.05. The zero-order chi connectivity index (χ0) is 17.9. The molecule has 4 rings (SSSR count). The van der Waals surface area contributed by atoms with Gasteiger partial charge in [-0.25, -0.2) is 14.4 Å². The largest absolute Gasteiger partial charge is 0.439 e. The average molecular weight is 366 g/mol. The summed E-state index contributed by atoms with van der Waals surface area (Å²) in [7, 11) is 1.91. The number of nitrogens with zero attached hydrogens (tertiary/aromatic N) is 4. The number of aromatic nitrogens is 3. The molecule has 0 atom stereocenters. The summed E-state index contributed by atoms with van der Waals surface area (Å²) in [5.41, 5.74) is 0.996. The van der Waals surface area contributed by atoms with Crippen molar-refractivity contribution in [3.63, 3.8) is 0 Å². The van der Waals surface area contributed by atoms with Crippen molar-refractivity contribution in [2.45, 2.75) is 6.54 Å². The molecular weight excluding hydrogens is 351 g/mol. The summed E-state index contributed by atoms with van der Waals surface area (Å²) in [4.78, 5) is 15.3. The van der Waals surface area contributed by atoms with Gasteiger partial charge in [-0.05, 0) is 36.4 Å². The fourth-order valence-corrected chi connectivity index (χ4v) is 3.48. The topological polar surface area (TPSA) is 51.1 Å². The first-order chi connectivity index (χ1) is 12.7. The van der Waals surface area contributed by atoms with Gasteiger partial charge in [0.05, 0.1) is 16.8 Å². The Hall–Kier alpha value is -3.06. The first-order valence-electron chi connectivity index (χ1n) is 7.99. The lowest BCUT2D eigenvalue weighted by atomic mass is 10.3. The number of anilines is 1. The number of thiazole rings is 1. The van der Waals surface area contributed by atoms with E-state index in [1.54, 1.807) is 35.7 Å². The molecule has 0 N–H and O–H groups in total. The van der Waals surface area contributed by atoms with Gasteiger partial charge in [-0.15, -0.1) is 11.3 Å². The summed E-state index contributed by atoms with van der Waals surface area (Å²) >= 11 is 1.65. The van der Waals surface area contributed by atoms with Gasteiger partial charge in [0, 0.05) is 19.3 Å². The summed E-state index contributed by atoms with van der Waals surface area (Å²) < 4.78 is 19.8. The van der Waals surface area contributed by atoms with Crippen molar-refractivity contribution in [3.05, 3.63) is 71.6 Å². The van der Waals surface area contributed by atoms with Crippen molar-refractivity contribution in [2.75, 3.05) is 11.9 Å². The van der Waals surface area contributed by atoms with Gasteiger partial charge in [0.1, 0.15) is 16.6 Å². The number of ether oxygens (including phenoxy) is 1. The van der Waals surface area contributed by atoms with Crippen LogP contribution < -0.4 is 9.64 Å². The normalized spacial score (nSPS) is 10.8. The third-order valence-corrected chi connectivity index (χ3v) is 4.73. The zero-order valence-corrected chi connectivity index (χ0v) is 14.8. The van der Waals surface area contributed by atoms with Crippen molar-refractivity contribution in [1.29, 1.82) is 0 Å². The average Bonchev–Trinajstić information content (AvgIpc) is 3.06. The molecule has 0 aliphatic rings. The van der Waals surface area contributed by atoms with Crippen molar-refractivity contribution in [1.82, 2.24) is 15.0 Å². The smallest absolute Gasteiger partial charge is 0.228 e. The summed E-state index contributed by atoms with van der Waals surface area (Å²) in [6.07, 6.45) is 1.63. The van der Waals surface area contributed by atoms with E-state index in [-0.39, 0.29) is 5.82 Å². The number of benzene rings is 2. The van der Waals surface area contributed by atoms with E-state index in [1.165, 1.54) is 12.1 Å². The molecule has 0 saturated heterocycles. The van der Waals surface area contributed by atoms with Gasteiger partial charge in [-0.3, -0.25) is 0 Å². The van der Waals surface area contributed by atoms with E-state index in [0.717, 1.165) is 15.2 Å². The Balaban J connectivity index is 1.50. The van der Waals surface area contributed by atoms with Crippen LogP contribution in [-0.4, -0.2) is 22.0 Å². The Morgan fingerprint density at radius 3 is 2.65 bits per heavy atom.